The van der Waals surface area contributed by atoms with Gasteiger partial charge in [0, 0.05) is 6.04 Å². The van der Waals surface area contributed by atoms with Crippen molar-refractivity contribution < 1.29 is 0 Å². The highest BCUT2D eigenvalue weighted by molar-refractivity contribution is 5.02. The molecule has 4 fully saturated rings. The van der Waals surface area contributed by atoms with Crippen molar-refractivity contribution in [3.05, 3.63) is 12.7 Å². The molecule has 4 bridgehead atoms. The highest BCUT2D eigenvalue weighted by Crippen LogP contribution is 2.57. The summed E-state index contributed by atoms with van der Waals surface area (Å²) < 4.78 is 0. The van der Waals surface area contributed by atoms with Gasteiger partial charge in [0.05, 0.1) is 0 Å². The Bertz CT molecular complexity index is 243. The van der Waals surface area contributed by atoms with Crippen molar-refractivity contribution in [3.8, 4) is 0 Å². The third kappa shape index (κ3) is 1.64. The lowest BCUT2D eigenvalue weighted by Crippen LogP contribution is -2.52. The minimum atomic E-state index is 0.701. The molecule has 0 radical (unpaired) electrons. The number of hydrogen-bond acceptors (Lipinski definition) is 1. The molecule has 1 atom stereocenters. The summed E-state index contributed by atoms with van der Waals surface area (Å²) in [5, 5.41) is 3.56. The molecule has 0 amide bonds. The van der Waals surface area contributed by atoms with E-state index < -0.39 is 0 Å². The minimum absolute atomic E-state index is 0.701. The van der Waals surface area contributed by atoms with E-state index in [1.54, 1.807) is 6.42 Å². The van der Waals surface area contributed by atoms with Crippen LogP contribution in [0.3, 0.4) is 0 Å². The topological polar surface area (TPSA) is 12.0 Å². The number of rotatable bonds is 4. The van der Waals surface area contributed by atoms with Crippen molar-refractivity contribution >= 4 is 0 Å². The molecular weight excluding hydrogens is 194 g/mol. The van der Waals surface area contributed by atoms with E-state index in [9.17, 15) is 0 Å². The van der Waals surface area contributed by atoms with Crippen LogP contribution >= 0.6 is 0 Å². The van der Waals surface area contributed by atoms with Gasteiger partial charge in [-0.05, 0) is 75.2 Å². The monoisotopic (exact) mass is 219 g/mol. The SMILES string of the molecule is C=CCC(NC)C1C2CC3CC(C2)CC1C3. The van der Waals surface area contributed by atoms with Gasteiger partial charge in [0.15, 0.2) is 0 Å². The fraction of sp³-hybridized carbons (Fsp3) is 0.867. The third-order valence-corrected chi connectivity index (χ3v) is 5.56. The van der Waals surface area contributed by atoms with Gasteiger partial charge in [0.1, 0.15) is 0 Å². The predicted molar refractivity (Wildman–Crippen MR) is 68.2 cm³/mol. The van der Waals surface area contributed by atoms with E-state index in [2.05, 4.69) is 25.0 Å². The van der Waals surface area contributed by atoms with Crippen LogP contribution < -0.4 is 5.32 Å². The smallest absolute Gasteiger partial charge is 0.0132 e. The molecule has 1 N–H and O–H groups in total. The van der Waals surface area contributed by atoms with E-state index in [1.165, 1.54) is 25.7 Å². The summed E-state index contributed by atoms with van der Waals surface area (Å²) >= 11 is 0. The quantitative estimate of drug-likeness (QED) is 0.716. The lowest BCUT2D eigenvalue weighted by Gasteiger charge is -2.56. The Morgan fingerprint density at radius 3 is 2.12 bits per heavy atom. The minimum Gasteiger partial charge on any atom is -0.316 e. The van der Waals surface area contributed by atoms with Gasteiger partial charge < -0.3 is 5.32 Å². The summed E-state index contributed by atoms with van der Waals surface area (Å²) in [6.07, 6.45) is 11.0. The molecule has 4 aliphatic rings. The van der Waals surface area contributed by atoms with Gasteiger partial charge in [0.2, 0.25) is 0 Å². The van der Waals surface area contributed by atoms with Crippen LogP contribution in [0.2, 0.25) is 0 Å². The summed E-state index contributed by atoms with van der Waals surface area (Å²) in [6, 6.07) is 0.701. The van der Waals surface area contributed by atoms with Crippen LogP contribution in [0.15, 0.2) is 12.7 Å². The van der Waals surface area contributed by atoms with Gasteiger partial charge in [-0.15, -0.1) is 6.58 Å². The number of nitrogens with one attached hydrogen (secondary N) is 1. The van der Waals surface area contributed by atoms with Crippen molar-refractivity contribution in [2.24, 2.45) is 29.6 Å². The van der Waals surface area contributed by atoms with Crippen LogP contribution in [0.25, 0.3) is 0 Å². The summed E-state index contributed by atoms with van der Waals surface area (Å²) in [4.78, 5) is 0. The molecule has 4 aliphatic carbocycles. The summed E-state index contributed by atoms with van der Waals surface area (Å²) in [5.74, 6) is 5.22. The Morgan fingerprint density at radius 1 is 1.12 bits per heavy atom. The molecule has 0 spiro atoms. The molecule has 0 aromatic rings. The van der Waals surface area contributed by atoms with E-state index >= 15 is 0 Å². The molecule has 4 rings (SSSR count). The van der Waals surface area contributed by atoms with Crippen LogP contribution in [0.1, 0.15) is 38.5 Å². The maximum atomic E-state index is 3.92. The van der Waals surface area contributed by atoms with Crippen LogP contribution in [0, 0.1) is 29.6 Å². The van der Waals surface area contributed by atoms with Crippen LogP contribution in [-0.4, -0.2) is 13.1 Å². The molecule has 4 saturated carbocycles. The number of hydrogen-bond donors (Lipinski definition) is 1. The lowest BCUT2D eigenvalue weighted by molar-refractivity contribution is -0.0504. The molecule has 0 aromatic carbocycles. The zero-order valence-corrected chi connectivity index (χ0v) is 10.5. The lowest BCUT2D eigenvalue weighted by atomic mass is 9.50. The maximum Gasteiger partial charge on any atom is 0.0132 e. The molecule has 16 heavy (non-hydrogen) atoms. The first-order chi connectivity index (χ1) is 7.81. The Balaban J connectivity index is 1.77. The van der Waals surface area contributed by atoms with Crippen molar-refractivity contribution in [1.29, 1.82) is 0 Å². The summed E-state index contributed by atoms with van der Waals surface area (Å²) in [6.45, 7) is 3.92. The Labute approximate surface area is 99.7 Å². The third-order valence-electron chi connectivity index (χ3n) is 5.56. The molecule has 1 unspecified atom stereocenters. The normalized spacial score (nSPS) is 46.9. The van der Waals surface area contributed by atoms with Crippen molar-refractivity contribution in [1.82, 2.24) is 5.32 Å². The summed E-state index contributed by atoms with van der Waals surface area (Å²) in [5.41, 5.74) is 0. The second kappa shape index (κ2) is 4.18. The van der Waals surface area contributed by atoms with Crippen LogP contribution in [0.5, 0.6) is 0 Å². The first kappa shape index (κ1) is 10.8. The predicted octanol–water partition coefficient (Wildman–Crippen LogP) is 3.22. The molecule has 90 valence electrons. The van der Waals surface area contributed by atoms with Gasteiger partial charge in [-0.1, -0.05) is 6.08 Å². The maximum absolute atomic E-state index is 3.92. The molecule has 1 nitrogen and oxygen atoms in total. The van der Waals surface area contributed by atoms with Crippen LogP contribution in [-0.2, 0) is 0 Å². The van der Waals surface area contributed by atoms with E-state index in [-0.39, 0.29) is 0 Å². The zero-order chi connectivity index (χ0) is 11.1. The molecule has 0 aliphatic heterocycles. The molecule has 0 aromatic heterocycles. The van der Waals surface area contributed by atoms with Crippen molar-refractivity contribution in [2.45, 2.75) is 44.6 Å². The second-order valence-corrected chi connectivity index (χ2v) is 6.43. The standard InChI is InChI=1S/C15H25N/c1-3-4-14(16-2)15-12-6-10-5-11(8-12)9-13(15)7-10/h3,10-16H,1,4-9H2,2H3. The largest absolute Gasteiger partial charge is 0.316 e. The molecule has 1 heteroatoms. The average Bonchev–Trinajstić information content (AvgIpc) is 2.26. The average molecular weight is 219 g/mol. The van der Waals surface area contributed by atoms with Gasteiger partial charge in [-0.25, -0.2) is 0 Å². The second-order valence-electron chi connectivity index (χ2n) is 6.43. The highest BCUT2D eigenvalue weighted by atomic mass is 14.9. The zero-order valence-electron chi connectivity index (χ0n) is 10.5. The van der Waals surface area contributed by atoms with Crippen LogP contribution in [0.4, 0.5) is 0 Å². The van der Waals surface area contributed by atoms with E-state index in [1.807, 2.05) is 0 Å². The van der Waals surface area contributed by atoms with Gasteiger partial charge >= 0.3 is 0 Å². The summed E-state index contributed by atoms with van der Waals surface area (Å²) in [7, 11) is 2.14. The van der Waals surface area contributed by atoms with Gasteiger partial charge in [-0.2, -0.15) is 0 Å². The van der Waals surface area contributed by atoms with Crippen molar-refractivity contribution in [2.75, 3.05) is 7.05 Å². The van der Waals surface area contributed by atoms with E-state index in [0.717, 1.165) is 36.0 Å². The van der Waals surface area contributed by atoms with Crippen molar-refractivity contribution in [3.63, 3.8) is 0 Å². The van der Waals surface area contributed by atoms with Gasteiger partial charge in [0.25, 0.3) is 0 Å². The Kier molecular flexibility index (Phi) is 2.83. The van der Waals surface area contributed by atoms with E-state index in [0.29, 0.717) is 6.04 Å². The molecule has 0 heterocycles. The van der Waals surface area contributed by atoms with Gasteiger partial charge in [-0.3, -0.25) is 0 Å². The van der Waals surface area contributed by atoms with E-state index in [4.69, 9.17) is 0 Å². The highest BCUT2D eigenvalue weighted by Gasteiger charge is 2.49. The first-order valence-corrected chi connectivity index (χ1v) is 7.10. The fourth-order valence-corrected chi connectivity index (χ4v) is 5.27. The molecular formula is C15H25N. The fourth-order valence-electron chi connectivity index (χ4n) is 5.27. The molecule has 0 saturated heterocycles. The first-order valence-electron chi connectivity index (χ1n) is 7.10. The Morgan fingerprint density at radius 2 is 1.69 bits per heavy atom. The Hall–Kier alpha value is -0.300.